The van der Waals surface area contributed by atoms with Crippen LogP contribution >= 0.6 is 12.4 Å². The van der Waals surface area contributed by atoms with E-state index in [9.17, 15) is 4.79 Å². The van der Waals surface area contributed by atoms with E-state index < -0.39 is 5.97 Å². The summed E-state index contributed by atoms with van der Waals surface area (Å²) in [6, 6.07) is 0. The van der Waals surface area contributed by atoms with Crippen molar-refractivity contribution in [2.24, 2.45) is 0 Å². The second kappa shape index (κ2) is 4.68. The minimum absolute atomic E-state index is 0. The molecule has 11 heavy (non-hydrogen) atoms. The molecular weight excluding hydrogens is 170 g/mol. The van der Waals surface area contributed by atoms with Crippen LogP contribution in [0.1, 0.15) is 6.42 Å². The quantitative estimate of drug-likeness (QED) is 0.715. The van der Waals surface area contributed by atoms with E-state index in [0.717, 1.165) is 0 Å². The minimum Gasteiger partial charge on any atom is -0.481 e. The van der Waals surface area contributed by atoms with Crippen molar-refractivity contribution >= 4 is 18.4 Å². The number of aliphatic carboxylic acids is 1. The summed E-state index contributed by atoms with van der Waals surface area (Å²) in [5.74, 6) is -0.811. The Hall–Kier alpha value is -1.10. The van der Waals surface area contributed by atoms with Gasteiger partial charge in [0.2, 0.25) is 0 Å². The van der Waals surface area contributed by atoms with Gasteiger partial charge in [-0.05, 0) is 0 Å². The fourth-order valence-corrected chi connectivity index (χ4v) is 0.562. The molecule has 1 heterocycles. The van der Waals surface area contributed by atoms with Crippen LogP contribution in [-0.4, -0.2) is 25.8 Å². The fraction of sp³-hybridized carbons (Fsp3) is 0.400. The van der Waals surface area contributed by atoms with Gasteiger partial charge in [0.1, 0.15) is 12.7 Å². The summed E-state index contributed by atoms with van der Waals surface area (Å²) in [6.45, 7) is 0.433. The monoisotopic (exact) mass is 177 g/mol. The molecule has 1 aromatic rings. The third kappa shape index (κ3) is 3.57. The van der Waals surface area contributed by atoms with E-state index in [-0.39, 0.29) is 18.8 Å². The Bertz CT molecular complexity index is 212. The van der Waals surface area contributed by atoms with Crippen LogP contribution in [0.25, 0.3) is 0 Å². The summed E-state index contributed by atoms with van der Waals surface area (Å²) in [7, 11) is 0. The molecular formula is C5H8ClN3O2. The summed E-state index contributed by atoms with van der Waals surface area (Å²) in [4.78, 5) is 10.0. The molecule has 0 saturated carbocycles. The van der Waals surface area contributed by atoms with E-state index in [4.69, 9.17) is 5.11 Å². The maximum absolute atomic E-state index is 10.0. The van der Waals surface area contributed by atoms with Crippen molar-refractivity contribution in [1.29, 1.82) is 0 Å². The van der Waals surface area contributed by atoms with Crippen LogP contribution in [0.3, 0.4) is 0 Å². The van der Waals surface area contributed by atoms with Crippen molar-refractivity contribution < 1.29 is 9.90 Å². The molecule has 0 aliphatic carbocycles. The van der Waals surface area contributed by atoms with E-state index >= 15 is 0 Å². The predicted molar refractivity (Wildman–Crippen MR) is 39.5 cm³/mol. The summed E-state index contributed by atoms with van der Waals surface area (Å²) >= 11 is 0. The van der Waals surface area contributed by atoms with Crippen molar-refractivity contribution in [3.05, 3.63) is 12.7 Å². The molecule has 0 aliphatic heterocycles. The molecule has 1 rings (SSSR count). The number of halogens is 1. The van der Waals surface area contributed by atoms with Crippen LogP contribution in [0.5, 0.6) is 0 Å². The molecule has 0 unspecified atom stereocenters. The molecule has 0 aliphatic rings. The third-order valence-electron chi connectivity index (χ3n) is 1.05. The number of carboxylic acids is 1. The summed E-state index contributed by atoms with van der Waals surface area (Å²) in [5, 5.41) is 15.3. The van der Waals surface area contributed by atoms with Crippen LogP contribution in [0, 0.1) is 0 Å². The van der Waals surface area contributed by atoms with Gasteiger partial charge in [0.05, 0.1) is 6.42 Å². The van der Waals surface area contributed by atoms with Crippen LogP contribution in [-0.2, 0) is 11.3 Å². The highest BCUT2D eigenvalue weighted by Gasteiger charge is 1.96. The highest BCUT2D eigenvalue weighted by atomic mass is 35.5. The van der Waals surface area contributed by atoms with E-state index in [1.165, 1.54) is 12.7 Å². The Morgan fingerprint density at radius 1 is 1.45 bits per heavy atom. The van der Waals surface area contributed by atoms with Crippen LogP contribution in [0.4, 0.5) is 0 Å². The van der Waals surface area contributed by atoms with Crippen molar-refractivity contribution in [2.75, 3.05) is 0 Å². The van der Waals surface area contributed by atoms with E-state index in [1.54, 1.807) is 4.57 Å². The second-order valence-corrected chi connectivity index (χ2v) is 1.84. The number of hydrogen-bond donors (Lipinski definition) is 1. The lowest BCUT2D eigenvalue weighted by Gasteiger charge is -1.94. The molecule has 6 heteroatoms. The number of carbonyl (C=O) groups is 1. The number of aryl methyl sites for hydroxylation is 1. The summed E-state index contributed by atoms with van der Waals surface area (Å²) in [6.07, 6.45) is 3.09. The number of rotatable bonds is 3. The van der Waals surface area contributed by atoms with Gasteiger partial charge in [-0.25, -0.2) is 0 Å². The fourth-order valence-electron chi connectivity index (χ4n) is 0.562. The average Bonchev–Trinajstić information content (AvgIpc) is 2.34. The van der Waals surface area contributed by atoms with Crippen molar-refractivity contribution in [3.63, 3.8) is 0 Å². The normalized spacial score (nSPS) is 8.73. The Morgan fingerprint density at radius 3 is 2.45 bits per heavy atom. The van der Waals surface area contributed by atoms with Gasteiger partial charge >= 0.3 is 5.97 Å². The molecule has 1 N–H and O–H groups in total. The predicted octanol–water partition coefficient (Wildman–Crippen LogP) is 0.175. The molecule has 0 spiro atoms. The Morgan fingerprint density at radius 2 is 2.00 bits per heavy atom. The molecule has 0 atom stereocenters. The average molecular weight is 178 g/mol. The maximum Gasteiger partial charge on any atom is 0.305 e. The smallest absolute Gasteiger partial charge is 0.305 e. The van der Waals surface area contributed by atoms with E-state index in [1.807, 2.05) is 0 Å². The second-order valence-electron chi connectivity index (χ2n) is 1.84. The van der Waals surface area contributed by atoms with E-state index in [2.05, 4.69) is 10.2 Å². The van der Waals surface area contributed by atoms with Gasteiger partial charge in [-0.1, -0.05) is 0 Å². The SMILES string of the molecule is Cl.O=C(O)CCn1cnnc1. The topological polar surface area (TPSA) is 68.0 Å². The van der Waals surface area contributed by atoms with Gasteiger partial charge in [0, 0.05) is 6.54 Å². The molecule has 5 nitrogen and oxygen atoms in total. The maximum atomic E-state index is 10.0. The lowest BCUT2D eigenvalue weighted by molar-refractivity contribution is -0.137. The molecule has 0 fully saturated rings. The highest BCUT2D eigenvalue weighted by molar-refractivity contribution is 5.85. The first-order chi connectivity index (χ1) is 4.79. The standard InChI is InChI=1S/C5H7N3O2.ClH/c9-5(10)1-2-8-3-6-7-4-8;/h3-4H,1-2H2,(H,9,10);1H. The zero-order chi connectivity index (χ0) is 7.40. The minimum atomic E-state index is -0.811. The van der Waals surface area contributed by atoms with Crippen LogP contribution in [0.2, 0.25) is 0 Å². The first kappa shape index (κ1) is 9.90. The van der Waals surface area contributed by atoms with Crippen molar-refractivity contribution in [3.8, 4) is 0 Å². The molecule has 0 saturated heterocycles. The Balaban J connectivity index is 0.000001000. The zero-order valence-corrected chi connectivity index (χ0v) is 6.49. The first-order valence-corrected chi connectivity index (χ1v) is 2.83. The van der Waals surface area contributed by atoms with Gasteiger partial charge in [-0.15, -0.1) is 22.6 Å². The Kier molecular flexibility index (Phi) is 4.21. The Labute approximate surface area is 69.5 Å². The third-order valence-corrected chi connectivity index (χ3v) is 1.05. The van der Waals surface area contributed by atoms with Gasteiger partial charge in [-0.3, -0.25) is 4.79 Å². The summed E-state index contributed by atoms with van der Waals surface area (Å²) < 4.78 is 1.62. The molecule has 0 aromatic carbocycles. The van der Waals surface area contributed by atoms with Gasteiger partial charge < -0.3 is 9.67 Å². The van der Waals surface area contributed by atoms with Gasteiger partial charge in [0.25, 0.3) is 0 Å². The van der Waals surface area contributed by atoms with E-state index in [0.29, 0.717) is 6.54 Å². The van der Waals surface area contributed by atoms with Crippen molar-refractivity contribution in [2.45, 2.75) is 13.0 Å². The van der Waals surface area contributed by atoms with Gasteiger partial charge in [-0.2, -0.15) is 0 Å². The zero-order valence-electron chi connectivity index (χ0n) is 5.67. The molecule has 1 aromatic heterocycles. The number of hydrogen-bond acceptors (Lipinski definition) is 3. The van der Waals surface area contributed by atoms with Crippen LogP contribution in [0.15, 0.2) is 12.7 Å². The number of nitrogens with zero attached hydrogens (tertiary/aromatic N) is 3. The molecule has 0 bridgehead atoms. The number of carboxylic acid groups (broad SMARTS) is 1. The number of aromatic nitrogens is 3. The molecule has 62 valence electrons. The molecule has 0 amide bonds. The highest BCUT2D eigenvalue weighted by Crippen LogP contribution is 1.86. The molecule has 0 radical (unpaired) electrons. The summed E-state index contributed by atoms with van der Waals surface area (Å²) in [5.41, 5.74) is 0. The lowest BCUT2D eigenvalue weighted by atomic mass is 10.4. The largest absolute Gasteiger partial charge is 0.481 e. The van der Waals surface area contributed by atoms with Crippen LogP contribution < -0.4 is 0 Å². The first-order valence-electron chi connectivity index (χ1n) is 2.83. The van der Waals surface area contributed by atoms with Gasteiger partial charge in [0.15, 0.2) is 0 Å². The van der Waals surface area contributed by atoms with Crippen molar-refractivity contribution in [1.82, 2.24) is 14.8 Å². The lowest BCUT2D eigenvalue weighted by Crippen LogP contribution is -2.02.